The fourth-order valence-electron chi connectivity index (χ4n) is 4.43. The molecule has 1 aliphatic carbocycles. The minimum atomic E-state index is -0.298. The van der Waals surface area contributed by atoms with Crippen LogP contribution in [0.1, 0.15) is 40.4 Å². The van der Waals surface area contributed by atoms with Crippen LogP contribution in [0.2, 0.25) is 0 Å². The van der Waals surface area contributed by atoms with Crippen LogP contribution in [0.25, 0.3) is 0 Å². The van der Waals surface area contributed by atoms with Crippen molar-refractivity contribution < 1.29 is 14.7 Å². The Hall–Kier alpha value is -3.24. The molecule has 2 aromatic rings. The summed E-state index contributed by atoms with van der Waals surface area (Å²) < 4.78 is 0. The number of aliphatic hydroxyl groups is 1. The summed E-state index contributed by atoms with van der Waals surface area (Å²) in [6, 6.07) is 7.61. The van der Waals surface area contributed by atoms with Crippen LogP contribution in [0.5, 0.6) is 0 Å². The Bertz CT molecular complexity index is 1020. The molecule has 152 valence electrons. The number of hydrogen-bond acceptors (Lipinski definition) is 5. The number of nitrogens with zero attached hydrogens (tertiary/aromatic N) is 4. The third kappa shape index (κ3) is 3.33. The summed E-state index contributed by atoms with van der Waals surface area (Å²) in [5.41, 5.74) is 2.25. The third-order valence-corrected chi connectivity index (χ3v) is 6.12. The van der Waals surface area contributed by atoms with Gasteiger partial charge in [0.05, 0.1) is 24.9 Å². The van der Waals surface area contributed by atoms with Crippen molar-refractivity contribution in [3.05, 3.63) is 59.7 Å². The number of carbonyl (C=O) groups excluding carboxylic acids is 2. The van der Waals surface area contributed by atoms with E-state index in [0.717, 1.165) is 11.1 Å². The van der Waals surface area contributed by atoms with Crippen molar-refractivity contribution in [2.45, 2.75) is 30.8 Å². The van der Waals surface area contributed by atoms with Gasteiger partial charge in [-0.15, -0.1) is 0 Å². The molecule has 7 heteroatoms. The Balaban J connectivity index is 1.36. The smallest absolute Gasteiger partial charge is 0.274 e. The molecule has 2 amide bonds. The molecule has 3 aliphatic rings. The molecule has 3 atom stereocenters. The Morgan fingerprint density at radius 1 is 1.20 bits per heavy atom. The number of piperazine rings is 1. The monoisotopic (exact) mass is 402 g/mol. The van der Waals surface area contributed by atoms with Gasteiger partial charge in [0.15, 0.2) is 0 Å². The fourth-order valence-corrected chi connectivity index (χ4v) is 4.43. The Morgan fingerprint density at radius 2 is 2.00 bits per heavy atom. The van der Waals surface area contributed by atoms with Gasteiger partial charge in [0, 0.05) is 36.3 Å². The highest BCUT2D eigenvalue weighted by atomic mass is 16.3. The van der Waals surface area contributed by atoms with Gasteiger partial charge in [-0.05, 0) is 30.5 Å². The maximum absolute atomic E-state index is 12.8. The fraction of sp³-hybridized carbons (Fsp3) is 0.391. The average Bonchev–Trinajstić information content (AvgIpc) is 3.59. The molecular formula is C23H22N4O3. The van der Waals surface area contributed by atoms with E-state index in [1.54, 1.807) is 4.90 Å². The maximum Gasteiger partial charge on any atom is 0.274 e. The normalized spacial score (nSPS) is 25.1. The lowest BCUT2D eigenvalue weighted by Gasteiger charge is -2.58. The van der Waals surface area contributed by atoms with Gasteiger partial charge in [-0.2, -0.15) is 0 Å². The average molecular weight is 402 g/mol. The van der Waals surface area contributed by atoms with E-state index < -0.39 is 0 Å². The largest absolute Gasteiger partial charge is 0.394 e. The first kappa shape index (κ1) is 18.8. The molecule has 1 N–H and O–H groups in total. The maximum atomic E-state index is 12.8. The summed E-state index contributed by atoms with van der Waals surface area (Å²) in [4.78, 5) is 36.8. The second-order valence-corrected chi connectivity index (χ2v) is 8.09. The van der Waals surface area contributed by atoms with E-state index in [1.165, 1.54) is 36.3 Å². The van der Waals surface area contributed by atoms with Crippen molar-refractivity contribution >= 4 is 11.8 Å². The SMILES string of the molecule is O=C(c1cnccn1)N1CC(=O)N2[C@H](CO)[C@@H](c3ccc(C#CC4CC4)cc3)[C@@H]2C1. The molecule has 2 aliphatic heterocycles. The minimum absolute atomic E-state index is 0.00911. The predicted octanol–water partition coefficient (Wildman–Crippen LogP) is 1.05. The molecule has 1 aromatic carbocycles. The van der Waals surface area contributed by atoms with Crippen LogP contribution in [0.3, 0.4) is 0 Å². The van der Waals surface area contributed by atoms with Gasteiger partial charge in [0.1, 0.15) is 12.2 Å². The van der Waals surface area contributed by atoms with Gasteiger partial charge in [-0.1, -0.05) is 24.0 Å². The molecule has 30 heavy (non-hydrogen) atoms. The second kappa shape index (κ2) is 7.54. The molecule has 1 saturated carbocycles. The van der Waals surface area contributed by atoms with Crippen LogP contribution in [-0.2, 0) is 4.79 Å². The molecule has 3 heterocycles. The van der Waals surface area contributed by atoms with Crippen LogP contribution in [0, 0.1) is 17.8 Å². The van der Waals surface area contributed by atoms with Gasteiger partial charge >= 0.3 is 0 Å². The van der Waals surface area contributed by atoms with Gasteiger partial charge < -0.3 is 14.9 Å². The van der Waals surface area contributed by atoms with Crippen molar-refractivity contribution in [2.75, 3.05) is 19.7 Å². The van der Waals surface area contributed by atoms with Crippen LogP contribution in [0.15, 0.2) is 42.9 Å². The van der Waals surface area contributed by atoms with E-state index in [1.807, 2.05) is 24.3 Å². The zero-order valence-electron chi connectivity index (χ0n) is 16.4. The van der Waals surface area contributed by atoms with Crippen LogP contribution < -0.4 is 0 Å². The quantitative estimate of drug-likeness (QED) is 0.776. The number of carbonyl (C=O) groups is 2. The predicted molar refractivity (Wildman–Crippen MR) is 108 cm³/mol. The Kier molecular flexibility index (Phi) is 4.72. The lowest BCUT2D eigenvalue weighted by atomic mass is 9.73. The number of aromatic nitrogens is 2. The zero-order chi connectivity index (χ0) is 20.7. The lowest BCUT2D eigenvalue weighted by molar-refractivity contribution is -0.159. The highest BCUT2D eigenvalue weighted by Gasteiger charge is 2.54. The molecule has 0 radical (unpaired) electrons. The molecule has 3 fully saturated rings. The number of aliphatic hydroxyl groups excluding tert-OH is 1. The van der Waals surface area contributed by atoms with Gasteiger partial charge in [-0.25, -0.2) is 4.98 Å². The van der Waals surface area contributed by atoms with Crippen molar-refractivity contribution in [3.8, 4) is 11.8 Å². The van der Waals surface area contributed by atoms with E-state index in [9.17, 15) is 14.7 Å². The molecule has 0 unspecified atom stereocenters. The summed E-state index contributed by atoms with van der Waals surface area (Å²) in [7, 11) is 0. The first-order chi connectivity index (χ1) is 14.7. The van der Waals surface area contributed by atoms with Gasteiger partial charge in [0.25, 0.3) is 5.91 Å². The Labute approximate surface area is 174 Å². The van der Waals surface area contributed by atoms with Crippen molar-refractivity contribution in [2.24, 2.45) is 5.92 Å². The zero-order valence-corrected chi connectivity index (χ0v) is 16.4. The summed E-state index contributed by atoms with van der Waals surface area (Å²) >= 11 is 0. The van der Waals surface area contributed by atoms with E-state index in [2.05, 4.69) is 21.8 Å². The van der Waals surface area contributed by atoms with Crippen LogP contribution in [0.4, 0.5) is 0 Å². The Morgan fingerprint density at radius 3 is 2.67 bits per heavy atom. The van der Waals surface area contributed by atoms with Crippen molar-refractivity contribution in [1.29, 1.82) is 0 Å². The molecule has 0 bridgehead atoms. The number of amides is 2. The first-order valence-electron chi connectivity index (χ1n) is 10.2. The van der Waals surface area contributed by atoms with E-state index in [0.29, 0.717) is 12.5 Å². The summed E-state index contributed by atoms with van der Waals surface area (Å²) in [5, 5.41) is 9.92. The van der Waals surface area contributed by atoms with E-state index in [-0.39, 0.29) is 48.7 Å². The number of benzene rings is 1. The molecule has 2 saturated heterocycles. The molecule has 7 nitrogen and oxygen atoms in total. The second-order valence-electron chi connectivity index (χ2n) is 8.09. The molecular weight excluding hydrogens is 380 g/mol. The highest BCUT2D eigenvalue weighted by molar-refractivity contribution is 5.95. The standard InChI is InChI=1S/C23H22N4O3/c28-14-20-22(17-7-5-16(6-8-17)4-3-15-1-2-15)19-12-26(13-21(29)27(19)20)23(30)18-11-24-9-10-25-18/h5-11,15,19-20,22,28H,1-2,12-14H2/t19-,20+,22-/m0/s1. The highest BCUT2D eigenvalue weighted by Crippen LogP contribution is 2.43. The van der Waals surface area contributed by atoms with Crippen molar-refractivity contribution in [3.63, 3.8) is 0 Å². The number of rotatable bonds is 3. The van der Waals surface area contributed by atoms with Crippen LogP contribution >= 0.6 is 0 Å². The summed E-state index contributed by atoms with van der Waals surface area (Å²) in [5.74, 6) is 6.54. The van der Waals surface area contributed by atoms with Crippen molar-refractivity contribution in [1.82, 2.24) is 19.8 Å². The number of hydrogen-bond donors (Lipinski definition) is 1. The van der Waals surface area contributed by atoms with Gasteiger partial charge in [0.2, 0.25) is 5.91 Å². The minimum Gasteiger partial charge on any atom is -0.394 e. The summed E-state index contributed by atoms with van der Waals surface area (Å²) in [6.45, 7) is 0.296. The number of fused-ring (bicyclic) bond motifs is 1. The van der Waals surface area contributed by atoms with E-state index in [4.69, 9.17) is 0 Å². The topological polar surface area (TPSA) is 86.6 Å². The molecule has 0 spiro atoms. The van der Waals surface area contributed by atoms with Crippen LogP contribution in [-0.4, -0.2) is 68.5 Å². The third-order valence-electron chi connectivity index (χ3n) is 6.12. The molecule has 5 rings (SSSR count). The van der Waals surface area contributed by atoms with Gasteiger partial charge in [-0.3, -0.25) is 14.6 Å². The lowest BCUT2D eigenvalue weighted by Crippen LogP contribution is -2.73. The van der Waals surface area contributed by atoms with E-state index >= 15 is 0 Å². The molecule has 1 aromatic heterocycles. The summed E-state index contributed by atoms with van der Waals surface area (Å²) in [6.07, 6.45) is 6.77. The first-order valence-corrected chi connectivity index (χ1v) is 10.2.